The van der Waals surface area contributed by atoms with Gasteiger partial charge >= 0.3 is 6.18 Å². The topological polar surface area (TPSA) is 49.3 Å². The summed E-state index contributed by atoms with van der Waals surface area (Å²) in [6.45, 7) is 3.05. The third-order valence-electron chi connectivity index (χ3n) is 6.26. The average molecular weight is 379 g/mol. The van der Waals surface area contributed by atoms with Crippen molar-refractivity contribution in [3.05, 3.63) is 41.9 Å². The van der Waals surface area contributed by atoms with Crippen LogP contribution in [0.1, 0.15) is 31.5 Å². The lowest BCUT2D eigenvalue weighted by Gasteiger charge is -2.27. The molecule has 1 aromatic heterocycles. The molecule has 2 fully saturated rings. The number of halogens is 3. The molecule has 1 saturated heterocycles. The van der Waals surface area contributed by atoms with Crippen molar-refractivity contribution in [3.63, 3.8) is 0 Å². The molecule has 1 unspecified atom stereocenters. The summed E-state index contributed by atoms with van der Waals surface area (Å²) in [6.07, 6.45) is 6.14. The first-order chi connectivity index (χ1) is 12.9. The number of rotatable bonds is 6. The molecule has 0 spiro atoms. The second-order valence-corrected chi connectivity index (χ2v) is 8.02. The van der Waals surface area contributed by atoms with Gasteiger partial charge < -0.3 is 10.0 Å². The van der Waals surface area contributed by atoms with Gasteiger partial charge in [0.25, 0.3) is 0 Å². The van der Waals surface area contributed by atoms with Gasteiger partial charge in [-0.15, -0.1) is 0 Å². The highest BCUT2D eigenvalue weighted by atomic mass is 19.4. The first kappa shape index (κ1) is 18.5. The Morgan fingerprint density at radius 3 is 2.85 bits per heavy atom. The number of piperidine rings is 1. The quantitative estimate of drug-likeness (QED) is 0.762. The Labute approximate surface area is 156 Å². The summed E-state index contributed by atoms with van der Waals surface area (Å²) < 4.78 is 38.3. The third kappa shape index (κ3) is 3.88. The summed E-state index contributed by atoms with van der Waals surface area (Å²) in [4.78, 5) is 10.6. The fourth-order valence-electron chi connectivity index (χ4n) is 4.76. The Bertz CT molecular complexity index is 761. The summed E-state index contributed by atoms with van der Waals surface area (Å²) in [7, 11) is 0. The van der Waals surface area contributed by atoms with Crippen LogP contribution >= 0.6 is 0 Å². The molecular formula is C20H24F3N3O. The Morgan fingerprint density at radius 2 is 2.15 bits per heavy atom. The van der Waals surface area contributed by atoms with Gasteiger partial charge in [-0.05, 0) is 49.5 Å². The molecule has 0 bridgehead atoms. The van der Waals surface area contributed by atoms with Crippen LogP contribution < -0.4 is 0 Å². The van der Waals surface area contributed by atoms with Crippen LogP contribution in [-0.2, 0) is 6.42 Å². The van der Waals surface area contributed by atoms with Crippen LogP contribution in [-0.4, -0.2) is 45.8 Å². The molecule has 2 heterocycles. The standard InChI is InChI=1S/C20H24F3N3O/c21-20(22,23)15-6-4-14(5-7-15)19-11-16(19)12-26(13-19)10-2-1-3-17-24-9-8-18(27)25-17/h4,6-9,14,16H,1-3,5,10-13H2,(H,24,25,27)/t14?,16-,19+/m0/s1. The van der Waals surface area contributed by atoms with Gasteiger partial charge in [0.05, 0.1) is 5.57 Å². The van der Waals surface area contributed by atoms with Gasteiger partial charge in [-0.1, -0.05) is 18.2 Å². The average Bonchev–Trinajstić information content (AvgIpc) is 3.20. The molecule has 0 aromatic carbocycles. The number of hydrogen-bond acceptors (Lipinski definition) is 4. The van der Waals surface area contributed by atoms with Gasteiger partial charge in [0, 0.05) is 31.8 Å². The minimum Gasteiger partial charge on any atom is -0.493 e. The van der Waals surface area contributed by atoms with E-state index in [2.05, 4.69) is 14.9 Å². The molecule has 0 radical (unpaired) electrons. The minimum absolute atomic E-state index is 0.00448. The van der Waals surface area contributed by atoms with Crippen LogP contribution in [0.25, 0.3) is 0 Å². The maximum Gasteiger partial charge on any atom is 0.416 e. The summed E-state index contributed by atoms with van der Waals surface area (Å²) >= 11 is 0. The van der Waals surface area contributed by atoms with Crippen LogP contribution in [0.3, 0.4) is 0 Å². The Hall–Kier alpha value is -1.89. The Balaban J connectivity index is 1.23. The monoisotopic (exact) mass is 379 g/mol. The minimum atomic E-state index is -4.23. The maximum absolute atomic E-state index is 12.8. The highest BCUT2D eigenvalue weighted by molar-refractivity contribution is 5.31. The van der Waals surface area contributed by atoms with Crippen LogP contribution in [0.4, 0.5) is 13.2 Å². The summed E-state index contributed by atoms with van der Waals surface area (Å²) in [5.41, 5.74) is -0.310. The van der Waals surface area contributed by atoms with Gasteiger partial charge in [-0.2, -0.15) is 18.2 Å². The third-order valence-corrected chi connectivity index (χ3v) is 6.26. The lowest BCUT2D eigenvalue weighted by Crippen LogP contribution is -2.29. The number of allylic oxidation sites excluding steroid dienone is 4. The van der Waals surface area contributed by atoms with Crippen LogP contribution in [0.15, 0.2) is 36.1 Å². The first-order valence-electron chi connectivity index (χ1n) is 9.56. The number of aromatic hydroxyl groups is 1. The number of likely N-dealkylation sites (tertiary alicyclic amines) is 1. The number of hydrogen-bond donors (Lipinski definition) is 1. The van der Waals surface area contributed by atoms with Gasteiger partial charge in [0.1, 0.15) is 5.82 Å². The number of aryl methyl sites for hydroxylation is 1. The van der Waals surface area contributed by atoms with E-state index < -0.39 is 11.7 Å². The number of nitrogens with zero attached hydrogens (tertiary/aromatic N) is 3. The molecule has 1 N–H and O–H groups in total. The molecule has 1 aromatic rings. The van der Waals surface area contributed by atoms with Crippen molar-refractivity contribution in [2.24, 2.45) is 17.3 Å². The van der Waals surface area contributed by atoms with Gasteiger partial charge in [0.15, 0.2) is 0 Å². The Kier molecular flexibility index (Phi) is 4.74. The van der Waals surface area contributed by atoms with E-state index in [1.165, 1.54) is 18.2 Å². The zero-order valence-electron chi connectivity index (χ0n) is 15.1. The SMILES string of the molecule is Oc1ccnc(CCCCN2C[C@@H]3C[C@]3(C3C=CC(C(F)(F)F)=CC3)C2)n1. The molecule has 146 valence electrons. The lowest BCUT2D eigenvalue weighted by molar-refractivity contribution is -0.0888. The molecule has 3 aliphatic rings. The zero-order valence-corrected chi connectivity index (χ0v) is 15.1. The van der Waals surface area contributed by atoms with E-state index in [0.717, 1.165) is 45.3 Å². The number of unbranched alkanes of at least 4 members (excludes halogenated alkanes) is 1. The van der Waals surface area contributed by atoms with Crippen molar-refractivity contribution in [3.8, 4) is 5.88 Å². The molecule has 1 saturated carbocycles. The zero-order chi connectivity index (χ0) is 19.1. The summed E-state index contributed by atoms with van der Waals surface area (Å²) in [5.74, 6) is 1.53. The molecular weight excluding hydrogens is 355 g/mol. The molecule has 4 nitrogen and oxygen atoms in total. The fraction of sp³-hybridized carbons (Fsp3) is 0.600. The molecule has 1 aliphatic heterocycles. The fourth-order valence-corrected chi connectivity index (χ4v) is 4.76. The molecule has 0 amide bonds. The predicted octanol–water partition coefficient (Wildman–Crippen LogP) is 3.89. The van der Waals surface area contributed by atoms with E-state index in [9.17, 15) is 18.3 Å². The number of alkyl halides is 3. The second-order valence-electron chi connectivity index (χ2n) is 8.02. The van der Waals surface area contributed by atoms with Crippen LogP contribution in [0.5, 0.6) is 5.88 Å². The number of aromatic nitrogens is 2. The highest BCUT2D eigenvalue weighted by Crippen LogP contribution is 2.64. The maximum atomic E-state index is 12.8. The van der Waals surface area contributed by atoms with E-state index in [-0.39, 0.29) is 17.2 Å². The van der Waals surface area contributed by atoms with Crippen molar-refractivity contribution >= 4 is 0 Å². The van der Waals surface area contributed by atoms with Gasteiger partial charge in [-0.3, -0.25) is 0 Å². The van der Waals surface area contributed by atoms with Crippen molar-refractivity contribution in [2.45, 2.75) is 38.3 Å². The smallest absolute Gasteiger partial charge is 0.416 e. The van der Waals surface area contributed by atoms with E-state index >= 15 is 0 Å². The van der Waals surface area contributed by atoms with E-state index in [1.54, 1.807) is 12.3 Å². The highest BCUT2D eigenvalue weighted by Gasteiger charge is 2.62. The lowest BCUT2D eigenvalue weighted by atomic mass is 9.82. The molecule has 2 aliphatic carbocycles. The van der Waals surface area contributed by atoms with Crippen molar-refractivity contribution in [2.75, 3.05) is 19.6 Å². The van der Waals surface area contributed by atoms with Crippen molar-refractivity contribution in [1.29, 1.82) is 0 Å². The van der Waals surface area contributed by atoms with E-state index in [1.807, 2.05) is 0 Å². The normalized spacial score (nSPS) is 30.3. The first-order valence-corrected chi connectivity index (χ1v) is 9.56. The van der Waals surface area contributed by atoms with Gasteiger partial charge in [-0.25, -0.2) is 4.98 Å². The van der Waals surface area contributed by atoms with E-state index in [0.29, 0.717) is 18.2 Å². The summed E-state index contributed by atoms with van der Waals surface area (Å²) in [5, 5.41) is 9.36. The van der Waals surface area contributed by atoms with Gasteiger partial charge in [0.2, 0.25) is 5.88 Å². The van der Waals surface area contributed by atoms with Crippen LogP contribution in [0, 0.1) is 17.3 Å². The molecule has 4 rings (SSSR count). The number of fused-ring (bicyclic) bond motifs is 1. The van der Waals surface area contributed by atoms with E-state index in [4.69, 9.17) is 0 Å². The second kappa shape index (κ2) is 6.93. The molecule has 3 atom stereocenters. The summed E-state index contributed by atoms with van der Waals surface area (Å²) in [6, 6.07) is 1.46. The molecule has 27 heavy (non-hydrogen) atoms. The largest absolute Gasteiger partial charge is 0.493 e. The Morgan fingerprint density at radius 1 is 1.30 bits per heavy atom. The van der Waals surface area contributed by atoms with Crippen molar-refractivity contribution < 1.29 is 18.3 Å². The van der Waals surface area contributed by atoms with Crippen LogP contribution in [0.2, 0.25) is 0 Å². The van der Waals surface area contributed by atoms with Crippen molar-refractivity contribution in [1.82, 2.24) is 14.9 Å². The molecule has 7 heteroatoms. The predicted molar refractivity (Wildman–Crippen MR) is 95.0 cm³/mol.